The smallest absolute Gasteiger partial charge is 0.281 e. The Balaban J connectivity index is 2.18. The van der Waals surface area contributed by atoms with E-state index in [0.717, 1.165) is 11.3 Å². The van der Waals surface area contributed by atoms with Crippen molar-refractivity contribution in [3.63, 3.8) is 0 Å². The first-order valence-electron chi connectivity index (χ1n) is 6.05. The van der Waals surface area contributed by atoms with Crippen molar-refractivity contribution in [3.8, 4) is 16.9 Å². The van der Waals surface area contributed by atoms with Crippen LogP contribution in [0.4, 0.5) is 0 Å². The molecule has 0 amide bonds. The maximum atomic E-state index is 12.5. The van der Waals surface area contributed by atoms with E-state index >= 15 is 0 Å². The molecule has 1 heterocycles. The minimum absolute atomic E-state index is 0.111. The Bertz CT molecular complexity index is 673. The molecule has 3 rings (SSSR count). The van der Waals surface area contributed by atoms with Crippen molar-refractivity contribution in [2.24, 2.45) is 0 Å². The van der Waals surface area contributed by atoms with Crippen LogP contribution in [0.25, 0.3) is 16.9 Å². The number of hydrogen-bond acceptors (Lipinski definition) is 2. The highest BCUT2D eigenvalue weighted by Crippen LogP contribution is 2.12. The number of aromatic nitrogens is 2. The Morgan fingerprint density at radius 1 is 0.842 bits per heavy atom. The van der Waals surface area contributed by atoms with Gasteiger partial charge in [0.2, 0.25) is 0 Å². The Kier molecular flexibility index (Phi) is 2.94. The lowest BCUT2D eigenvalue weighted by molar-refractivity contribution is 0.961. The van der Waals surface area contributed by atoms with Crippen LogP contribution in [0, 0.1) is 0 Å². The number of hydrogen-bond donors (Lipinski definition) is 0. The summed E-state index contributed by atoms with van der Waals surface area (Å²) in [4.78, 5) is 16.7. The molecule has 0 atom stereocenters. The first-order valence-corrected chi connectivity index (χ1v) is 6.05. The van der Waals surface area contributed by atoms with E-state index < -0.39 is 0 Å². The summed E-state index contributed by atoms with van der Waals surface area (Å²) >= 11 is 0. The molecule has 0 fully saturated rings. The van der Waals surface area contributed by atoms with Gasteiger partial charge in [0.05, 0.1) is 0 Å². The zero-order valence-electron chi connectivity index (χ0n) is 10.2. The molecule has 0 saturated heterocycles. The minimum atomic E-state index is -0.111. The molecule has 0 aliphatic rings. The van der Waals surface area contributed by atoms with Crippen molar-refractivity contribution < 1.29 is 0 Å². The molecule has 0 spiro atoms. The summed E-state index contributed by atoms with van der Waals surface area (Å²) in [5.74, 6) is 0. The second kappa shape index (κ2) is 4.90. The fourth-order valence-electron chi connectivity index (χ4n) is 2.00. The van der Waals surface area contributed by atoms with Gasteiger partial charge in [-0.05, 0) is 12.1 Å². The standard InChI is InChI=1S/C16H12N2O/c19-16-15(13-7-3-1-4-8-13)17-11-12-18(16)14-9-5-2-6-10-14/h1-12H. The van der Waals surface area contributed by atoms with Crippen molar-refractivity contribution in [2.75, 3.05) is 0 Å². The van der Waals surface area contributed by atoms with Gasteiger partial charge in [0, 0.05) is 23.6 Å². The average molecular weight is 248 g/mol. The fraction of sp³-hybridized carbons (Fsp3) is 0. The molecule has 2 aromatic carbocycles. The van der Waals surface area contributed by atoms with Gasteiger partial charge in [-0.15, -0.1) is 0 Å². The minimum Gasteiger partial charge on any atom is -0.281 e. The monoisotopic (exact) mass is 248 g/mol. The zero-order chi connectivity index (χ0) is 13.1. The summed E-state index contributed by atoms with van der Waals surface area (Å²) in [6.45, 7) is 0. The summed E-state index contributed by atoms with van der Waals surface area (Å²) in [6.07, 6.45) is 3.33. The van der Waals surface area contributed by atoms with Crippen LogP contribution in [0.1, 0.15) is 0 Å². The van der Waals surface area contributed by atoms with E-state index in [0.29, 0.717) is 5.69 Å². The van der Waals surface area contributed by atoms with Crippen molar-refractivity contribution in [2.45, 2.75) is 0 Å². The quantitative estimate of drug-likeness (QED) is 0.699. The van der Waals surface area contributed by atoms with E-state index in [1.165, 1.54) is 0 Å². The topological polar surface area (TPSA) is 34.9 Å². The molecule has 0 bridgehead atoms. The molecular formula is C16H12N2O. The number of nitrogens with zero attached hydrogens (tertiary/aromatic N) is 2. The molecule has 1 aromatic heterocycles. The van der Waals surface area contributed by atoms with Gasteiger partial charge in [0.15, 0.2) is 0 Å². The van der Waals surface area contributed by atoms with Crippen LogP contribution < -0.4 is 5.56 Å². The zero-order valence-corrected chi connectivity index (χ0v) is 10.2. The van der Waals surface area contributed by atoms with E-state index in [-0.39, 0.29) is 5.56 Å². The number of para-hydroxylation sites is 1. The SMILES string of the molecule is O=c1c(-c2ccccc2)nccn1-c1ccccc1. The van der Waals surface area contributed by atoms with Crippen LogP contribution in [-0.2, 0) is 0 Å². The molecule has 19 heavy (non-hydrogen) atoms. The van der Waals surface area contributed by atoms with Gasteiger partial charge in [-0.3, -0.25) is 9.36 Å². The number of rotatable bonds is 2. The van der Waals surface area contributed by atoms with Gasteiger partial charge >= 0.3 is 0 Å². The lowest BCUT2D eigenvalue weighted by atomic mass is 10.1. The lowest BCUT2D eigenvalue weighted by Crippen LogP contribution is -2.20. The van der Waals surface area contributed by atoms with Gasteiger partial charge < -0.3 is 0 Å². The largest absolute Gasteiger partial charge is 0.281 e. The molecule has 0 N–H and O–H groups in total. The van der Waals surface area contributed by atoms with Crippen molar-refractivity contribution >= 4 is 0 Å². The highest BCUT2D eigenvalue weighted by atomic mass is 16.1. The summed E-state index contributed by atoms with van der Waals surface area (Å²) in [5, 5.41) is 0. The van der Waals surface area contributed by atoms with Crippen LogP contribution in [0.5, 0.6) is 0 Å². The van der Waals surface area contributed by atoms with Gasteiger partial charge in [-0.25, -0.2) is 4.98 Å². The molecule has 0 aliphatic carbocycles. The van der Waals surface area contributed by atoms with Gasteiger partial charge in [-0.2, -0.15) is 0 Å². The van der Waals surface area contributed by atoms with Crippen molar-refractivity contribution in [1.29, 1.82) is 0 Å². The molecule has 0 radical (unpaired) electrons. The van der Waals surface area contributed by atoms with E-state index in [9.17, 15) is 4.79 Å². The second-order valence-electron chi connectivity index (χ2n) is 4.15. The predicted octanol–water partition coefficient (Wildman–Crippen LogP) is 2.90. The summed E-state index contributed by atoms with van der Waals surface area (Å²) in [5.41, 5.74) is 2.02. The Hall–Kier alpha value is -2.68. The van der Waals surface area contributed by atoms with E-state index in [1.54, 1.807) is 17.0 Å². The van der Waals surface area contributed by atoms with E-state index in [1.807, 2.05) is 60.7 Å². The Morgan fingerprint density at radius 2 is 1.47 bits per heavy atom. The molecule has 92 valence electrons. The van der Waals surface area contributed by atoms with Gasteiger partial charge in [0.1, 0.15) is 5.69 Å². The number of benzene rings is 2. The van der Waals surface area contributed by atoms with Gasteiger partial charge in [0.25, 0.3) is 5.56 Å². The third-order valence-electron chi connectivity index (χ3n) is 2.92. The molecule has 3 heteroatoms. The van der Waals surface area contributed by atoms with Gasteiger partial charge in [-0.1, -0.05) is 48.5 Å². The third-order valence-corrected chi connectivity index (χ3v) is 2.92. The first kappa shape index (κ1) is 11.4. The molecule has 0 saturated carbocycles. The highest BCUT2D eigenvalue weighted by Gasteiger charge is 2.07. The summed E-state index contributed by atoms with van der Waals surface area (Å²) < 4.78 is 1.61. The van der Waals surface area contributed by atoms with E-state index in [2.05, 4.69) is 4.98 Å². The van der Waals surface area contributed by atoms with Crippen molar-refractivity contribution in [3.05, 3.63) is 83.4 Å². The summed E-state index contributed by atoms with van der Waals surface area (Å²) in [6, 6.07) is 19.0. The average Bonchev–Trinajstić information content (AvgIpc) is 2.49. The predicted molar refractivity (Wildman–Crippen MR) is 75.3 cm³/mol. The van der Waals surface area contributed by atoms with Crippen LogP contribution in [0.2, 0.25) is 0 Å². The van der Waals surface area contributed by atoms with Crippen LogP contribution >= 0.6 is 0 Å². The maximum absolute atomic E-state index is 12.5. The fourth-order valence-corrected chi connectivity index (χ4v) is 2.00. The molecular weight excluding hydrogens is 236 g/mol. The van der Waals surface area contributed by atoms with Crippen LogP contribution in [-0.4, -0.2) is 9.55 Å². The normalized spacial score (nSPS) is 10.3. The second-order valence-corrected chi connectivity index (χ2v) is 4.15. The molecule has 3 nitrogen and oxygen atoms in total. The Morgan fingerprint density at radius 3 is 2.16 bits per heavy atom. The van der Waals surface area contributed by atoms with E-state index in [4.69, 9.17) is 0 Å². The van der Waals surface area contributed by atoms with Crippen molar-refractivity contribution in [1.82, 2.24) is 9.55 Å². The first-order chi connectivity index (χ1) is 9.36. The summed E-state index contributed by atoms with van der Waals surface area (Å²) in [7, 11) is 0. The Labute approximate surface area is 110 Å². The third kappa shape index (κ3) is 2.18. The highest BCUT2D eigenvalue weighted by molar-refractivity contribution is 5.58. The molecule has 3 aromatic rings. The van der Waals surface area contributed by atoms with Crippen LogP contribution in [0.3, 0.4) is 0 Å². The molecule has 0 unspecified atom stereocenters. The maximum Gasteiger partial charge on any atom is 0.281 e. The lowest BCUT2D eigenvalue weighted by Gasteiger charge is -2.07. The van der Waals surface area contributed by atoms with Crippen LogP contribution in [0.15, 0.2) is 77.9 Å². The molecule has 0 aliphatic heterocycles.